The van der Waals surface area contributed by atoms with Crippen molar-refractivity contribution in [2.75, 3.05) is 0 Å². The van der Waals surface area contributed by atoms with Gasteiger partial charge in [-0.3, -0.25) is 9.97 Å². The highest BCUT2D eigenvalue weighted by molar-refractivity contribution is 6.08. The average Bonchev–Trinajstić information content (AvgIpc) is 2.34. The van der Waals surface area contributed by atoms with Gasteiger partial charge in [0.1, 0.15) is 0 Å². The summed E-state index contributed by atoms with van der Waals surface area (Å²) in [5.74, 6) is 0. The molecule has 0 N–H and O–H groups in total. The van der Waals surface area contributed by atoms with Crippen molar-refractivity contribution >= 4 is 21.8 Å². The third-order valence-corrected chi connectivity index (χ3v) is 4.23. The summed E-state index contributed by atoms with van der Waals surface area (Å²) in [4.78, 5) is 9.57. The summed E-state index contributed by atoms with van der Waals surface area (Å²) in [6, 6.07) is 4.31. The van der Waals surface area contributed by atoms with Gasteiger partial charge >= 0.3 is 0 Å². The summed E-state index contributed by atoms with van der Waals surface area (Å²) in [6.07, 6.45) is 0. The molecule has 0 unspecified atom stereocenters. The summed E-state index contributed by atoms with van der Waals surface area (Å²) in [5.41, 5.74) is 9.44. The Hall–Kier alpha value is -1.96. The van der Waals surface area contributed by atoms with Crippen molar-refractivity contribution in [3.05, 3.63) is 45.8 Å². The minimum atomic E-state index is 1.05. The van der Waals surface area contributed by atoms with E-state index in [-0.39, 0.29) is 0 Å². The maximum atomic E-state index is 4.79. The molecule has 0 radical (unpaired) electrons. The lowest BCUT2D eigenvalue weighted by Gasteiger charge is -2.15. The quantitative estimate of drug-likeness (QED) is 0.553. The molecule has 0 aliphatic carbocycles. The minimum Gasteiger partial charge on any atom is -0.251 e. The number of hydrogen-bond donors (Lipinski definition) is 0. The van der Waals surface area contributed by atoms with Crippen LogP contribution in [-0.4, -0.2) is 9.97 Å². The van der Waals surface area contributed by atoms with E-state index >= 15 is 0 Å². The molecule has 0 spiro atoms. The van der Waals surface area contributed by atoms with Gasteiger partial charge in [-0.15, -0.1) is 0 Å². The second-order valence-electron chi connectivity index (χ2n) is 5.86. The van der Waals surface area contributed by atoms with E-state index in [0.29, 0.717) is 0 Å². The third kappa shape index (κ3) is 1.71. The monoisotopic (exact) mass is 264 g/mol. The van der Waals surface area contributed by atoms with E-state index in [9.17, 15) is 0 Å². The smallest absolute Gasteiger partial charge is 0.0973 e. The molecule has 0 fully saturated rings. The fourth-order valence-electron chi connectivity index (χ4n) is 3.34. The number of aryl methyl sites for hydroxylation is 6. The second-order valence-corrected chi connectivity index (χ2v) is 5.86. The molecule has 0 amide bonds. The highest BCUT2D eigenvalue weighted by Crippen LogP contribution is 2.34. The largest absolute Gasteiger partial charge is 0.251 e. The van der Waals surface area contributed by atoms with E-state index in [2.05, 4.69) is 53.7 Å². The number of aromatic nitrogens is 2. The molecule has 0 aliphatic rings. The molecule has 3 aromatic rings. The molecule has 1 aromatic carbocycles. The zero-order chi connectivity index (χ0) is 14.6. The normalized spacial score (nSPS) is 11.5. The summed E-state index contributed by atoms with van der Waals surface area (Å²) in [7, 11) is 0. The fourth-order valence-corrected chi connectivity index (χ4v) is 3.34. The molecule has 2 heteroatoms. The number of nitrogens with zero attached hydrogens (tertiary/aromatic N) is 2. The van der Waals surface area contributed by atoms with Crippen molar-refractivity contribution in [1.82, 2.24) is 9.97 Å². The van der Waals surface area contributed by atoms with Crippen LogP contribution < -0.4 is 0 Å². The van der Waals surface area contributed by atoms with E-state index in [0.717, 1.165) is 22.4 Å². The molecular formula is C18H20N2. The van der Waals surface area contributed by atoms with Crippen LogP contribution in [-0.2, 0) is 0 Å². The first kappa shape index (κ1) is 13.0. The fraction of sp³-hybridized carbons (Fsp3) is 0.333. The van der Waals surface area contributed by atoms with Gasteiger partial charge < -0.3 is 0 Å². The van der Waals surface area contributed by atoms with Gasteiger partial charge in [0.15, 0.2) is 0 Å². The minimum absolute atomic E-state index is 1.05. The summed E-state index contributed by atoms with van der Waals surface area (Å²) >= 11 is 0. The van der Waals surface area contributed by atoms with Gasteiger partial charge in [-0.2, -0.15) is 0 Å². The van der Waals surface area contributed by atoms with Gasteiger partial charge in [-0.25, -0.2) is 0 Å². The number of rotatable bonds is 0. The first-order valence-corrected chi connectivity index (χ1v) is 7.05. The Morgan fingerprint density at radius 2 is 0.950 bits per heavy atom. The van der Waals surface area contributed by atoms with Gasteiger partial charge in [0.25, 0.3) is 0 Å². The summed E-state index contributed by atoms with van der Waals surface area (Å²) < 4.78 is 0. The van der Waals surface area contributed by atoms with Crippen molar-refractivity contribution in [1.29, 1.82) is 0 Å². The Balaban J connectivity index is 2.72. The predicted octanol–water partition coefficient (Wildman–Crippen LogP) is 4.63. The van der Waals surface area contributed by atoms with Gasteiger partial charge in [-0.05, 0) is 75.9 Å². The molecule has 20 heavy (non-hydrogen) atoms. The molecule has 2 heterocycles. The van der Waals surface area contributed by atoms with E-state index in [1.54, 1.807) is 0 Å². The Labute approximate surface area is 119 Å². The molecule has 2 aromatic heterocycles. The highest BCUT2D eigenvalue weighted by atomic mass is 14.8. The zero-order valence-corrected chi connectivity index (χ0v) is 13.0. The molecule has 2 nitrogen and oxygen atoms in total. The molecule has 0 aliphatic heterocycles. The maximum Gasteiger partial charge on any atom is 0.0973 e. The SMILES string of the molecule is Cc1cc(C)c2c(C)c(C)c3c(C)cc(C)nc3c2n1. The molecule has 0 saturated heterocycles. The topological polar surface area (TPSA) is 25.8 Å². The van der Waals surface area contributed by atoms with Crippen LogP contribution in [0, 0.1) is 41.5 Å². The predicted molar refractivity (Wildman–Crippen MR) is 85.5 cm³/mol. The molecule has 3 rings (SSSR count). The Bertz CT molecular complexity index is 788. The van der Waals surface area contributed by atoms with Crippen molar-refractivity contribution in [3.8, 4) is 0 Å². The van der Waals surface area contributed by atoms with Crippen LogP contribution in [0.5, 0.6) is 0 Å². The van der Waals surface area contributed by atoms with Crippen LogP contribution in [0.25, 0.3) is 21.8 Å². The lowest BCUT2D eigenvalue weighted by Crippen LogP contribution is -1.99. The van der Waals surface area contributed by atoms with E-state index in [1.165, 1.54) is 33.0 Å². The van der Waals surface area contributed by atoms with Gasteiger partial charge in [-0.1, -0.05) is 0 Å². The summed E-state index contributed by atoms with van der Waals surface area (Å²) in [5, 5.41) is 2.52. The van der Waals surface area contributed by atoms with Crippen LogP contribution in [0.1, 0.15) is 33.6 Å². The number of pyridine rings is 2. The maximum absolute atomic E-state index is 4.79. The molecule has 0 saturated carbocycles. The Morgan fingerprint density at radius 1 is 0.600 bits per heavy atom. The Kier molecular flexibility index (Phi) is 2.79. The zero-order valence-electron chi connectivity index (χ0n) is 13.0. The van der Waals surface area contributed by atoms with Crippen LogP contribution in [0.2, 0.25) is 0 Å². The third-order valence-electron chi connectivity index (χ3n) is 4.23. The first-order valence-electron chi connectivity index (χ1n) is 7.05. The number of benzene rings is 1. The second kappa shape index (κ2) is 4.27. The summed E-state index contributed by atoms with van der Waals surface area (Å²) in [6.45, 7) is 12.8. The van der Waals surface area contributed by atoms with Gasteiger partial charge in [0.2, 0.25) is 0 Å². The lowest BCUT2D eigenvalue weighted by atomic mass is 9.93. The molecular weight excluding hydrogens is 244 g/mol. The average molecular weight is 264 g/mol. The van der Waals surface area contributed by atoms with Crippen molar-refractivity contribution in [2.45, 2.75) is 41.5 Å². The van der Waals surface area contributed by atoms with Crippen LogP contribution in [0.3, 0.4) is 0 Å². The molecule has 0 atom stereocenters. The Morgan fingerprint density at radius 3 is 1.30 bits per heavy atom. The van der Waals surface area contributed by atoms with Gasteiger partial charge in [0.05, 0.1) is 11.0 Å². The van der Waals surface area contributed by atoms with Crippen LogP contribution in [0.15, 0.2) is 12.1 Å². The molecule has 102 valence electrons. The van der Waals surface area contributed by atoms with Crippen LogP contribution >= 0.6 is 0 Å². The number of fused-ring (bicyclic) bond motifs is 3. The van der Waals surface area contributed by atoms with Gasteiger partial charge in [0, 0.05) is 22.2 Å². The highest BCUT2D eigenvalue weighted by Gasteiger charge is 2.15. The standard InChI is InChI=1S/C18H20N2/c1-9-7-11(3)19-17-15(9)13(5)14(6)16-10(2)8-12(4)20-18(16)17/h7-8H,1-6H3. The van der Waals surface area contributed by atoms with E-state index in [1.807, 2.05) is 0 Å². The molecule has 0 bridgehead atoms. The first-order chi connectivity index (χ1) is 9.40. The van der Waals surface area contributed by atoms with E-state index in [4.69, 9.17) is 9.97 Å². The number of hydrogen-bond acceptors (Lipinski definition) is 2. The van der Waals surface area contributed by atoms with Crippen molar-refractivity contribution < 1.29 is 0 Å². The lowest BCUT2D eigenvalue weighted by molar-refractivity contribution is 1.19. The van der Waals surface area contributed by atoms with Crippen molar-refractivity contribution in [3.63, 3.8) is 0 Å². The van der Waals surface area contributed by atoms with Crippen molar-refractivity contribution in [2.24, 2.45) is 0 Å². The van der Waals surface area contributed by atoms with Crippen LogP contribution in [0.4, 0.5) is 0 Å². The van der Waals surface area contributed by atoms with E-state index < -0.39 is 0 Å².